The zero-order chi connectivity index (χ0) is 14.5. The van der Waals surface area contributed by atoms with Crippen molar-refractivity contribution in [1.82, 2.24) is 9.55 Å². The van der Waals surface area contributed by atoms with Gasteiger partial charge in [0.15, 0.2) is 0 Å². The maximum Gasteiger partial charge on any atom is 0.320 e. The molecule has 0 saturated carbocycles. The Morgan fingerprint density at radius 1 is 1.30 bits per heavy atom. The van der Waals surface area contributed by atoms with Gasteiger partial charge in [0, 0.05) is 12.6 Å². The van der Waals surface area contributed by atoms with Gasteiger partial charge < -0.3 is 10.8 Å². The molecule has 1 aromatic heterocycles. The molecule has 20 heavy (non-hydrogen) atoms. The zero-order valence-corrected chi connectivity index (χ0v) is 10.8. The molecule has 104 valence electrons. The monoisotopic (exact) mass is 273 g/mol. The van der Waals surface area contributed by atoms with Crippen LogP contribution in [-0.4, -0.2) is 32.6 Å². The van der Waals surface area contributed by atoms with E-state index in [0.29, 0.717) is 5.69 Å². The number of aliphatic carboxylic acids is 1. The highest BCUT2D eigenvalue weighted by Crippen LogP contribution is 2.05. The summed E-state index contributed by atoms with van der Waals surface area (Å²) in [6, 6.07) is 8.35. The highest BCUT2D eigenvalue weighted by Gasteiger charge is 2.15. The van der Waals surface area contributed by atoms with Crippen LogP contribution in [0, 0.1) is 0 Å². The van der Waals surface area contributed by atoms with Gasteiger partial charge in [-0.1, -0.05) is 30.3 Å². The van der Waals surface area contributed by atoms with Gasteiger partial charge in [0.05, 0.1) is 12.1 Å². The van der Waals surface area contributed by atoms with Crippen molar-refractivity contribution in [1.29, 1.82) is 0 Å². The van der Waals surface area contributed by atoms with Crippen LogP contribution in [0.3, 0.4) is 0 Å². The summed E-state index contributed by atoms with van der Waals surface area (Å²) in [5.74, 6) is -1.21. The number of nitrogens with zero attached hydrogens (tertiary/aromatic N) is 2. The van der Waals surface area contributed by atoms with Crippen LogP contribution >= 0.6 is 0 Å². The summed E-state index contributed by atoms with van der Waals surface area (Å²) in [6.07, 6.45) is 3.27. The van der Waals surface area contributed by atoms with E-state index in [1.54, 1.807) is 0 Å². The predicted molar refractivity (Wildman–Crippen MR) is 72.3 cm³/mol. The smallest absolute Gasteiger partial charge is 0.320 e. The van der Waals surface area contributed by atoms with Gasteiger partial charge in [-0.05, 0) is 5.56 Å². The first kappa shape index (κ1) is 14.0. The lowest BCUT2D eigenvalue weighted by atomic mass is 10.1. The van der Waals surface area contributed by atoms with Crippen LogP contribution < -0.4 is 5.73 Å². The predicted octanol–water partition coefficient (Wildman–Crippen LogP) is 0.720. The average molecular weight is 273 g/mol. The average Bonchev–Trinajstić information content (AvgIpc) is 2.88. The second kappa shape index (κ2) is 6.12. The van der Waals surface area contributed by atoms with Gasteiger partial charge in [0.1, 0.15) is 12.4 Å². The van der Waals surface area contributed by atoms with Crippen molar-refractivity contribution in [2.45, 2.75) is 18.9 Å². The van der Waals surface area contributed by atoms with E-state index in [2.05, 4.69) is 4.98 Å². The summed E-state index contributed by atoms with van der Waals surface area (Å²) in [4.78, 5) is 26.7. The van der Waals surface area contributed by atoms with Crippen LogP contribution in [0.15, 0.2) is 42.9 Å². The Morgan fingerprint density at radius 3 is 2.65 bits per heavy atom. The van der Waals surface area contributed by atoms with E-state index in [4.69, 9.17) is 10.8 Å². The number of carboxylic acid groups (broad SMARTS) is 1. The minimum Gasteiger partial charge on any atom is -0.480 e. The summed E-state index contributed by atoms with van der Waals surface area (Å²) < 4.78 is 1.36. The van der Waals surface area contributed by atoms with E-state index < -0.39 is 12.0 Å². The molecule has 0 unspecified atom stereocenters. The fourth-order valence-corrected chi connectivity index (χ4v) is 1.78. The number of benzene rings is 1. The molecule has 0 aliphatic carbocycles. The maximum atomic E-state index is 12.0. The number of rotatable bonds is 5. The van der Waals surface area contributed by atoms with E-state index >= 15 is 0 Å². The number of aromatic nitrogens is 2. The van der Waals surface area contributed by atoms with Gasteiger partial charge in [0.2, 0.25) is 5.91 Å². The number of nitrogens with two attached hydrogens (primary N) is 1. The third kappa shape index (κ3) is 3.52. The van der Waals surface area contributed by atoms with Gasteiger partial charge in [-0.15, -0.1) is 0 Å². The summed E-state index contributed by atoms with van der Waals surface area (Å²) in [5, 5.41) is 8.73. The molecule has 6 nitrogen and oxygen atoms in total. The number of imidazole rings is 1. The van der Waals surface area contributed by atoms with Crippen molar-refractivity contribution in [3.63, 3.8) is 0 Å². The minimum atomic E-state index is -1.09. The quantitative estimate of drug-likeness (QED) is 0.836. The van der Waals surface area contributed by atoms with Crippen molar-refractivity contribution < 1.29 is 14.7 Å². The second-order valence-electron chi connectivity index (χ2n) is 4.48. The molecule has 1 heterocycles. The van der Waals surface area contributed by atoms with Gasteiger partial charge in [-0.3, -0.25) is 14.2 Å². The molecule has 3 N–H and O–H groups in total. The molecule has 1 atom stereocenters. The second-order valence-corrected chi connectivity index (χ2v) is 4.48. The standard InChI is InChI=1S/C14H15N3O3/c15-12(14(19)20)7-11-8-17(9-16-11)13(18)6-10-4-2-1-3-5-10/h1-5,8-9,12H,6-7,15H2,(H,19,20)/t12-/m0/s1. The van der Waals surface area contributed by atoms with Crippen LogP contribution in [0.2, 0.25) is 0 Å². The van der Waals surface area contributed by atoms with Crippen molar-refractivity contribution in [2.75, 3.05) is 0 Å². The minimum absolute atomic E-state index is 0.0982. The fourth-order valence-electron chi connectivity index (χ4n) is 1.78. The molecular weight excluding hydrogens is 258 g/mol. The molecule has 2 rings (SSSR count). The van der Waals surface area contributed by atoms with Crippen molar-refractivity contribution >= 4 is 11.9 Å². The van der Waals surface area contributed by atoms with Crippen LogP contribution in [0.4, 0.5) is 0 Å². The molecule has 0 spiro atoms. The Balaban J connectivity index is 2.01. The maximum absolute atomic E-state index is 12.0. The van der Waals surface area contributed by atoms with E-state index in [9.17, 15) is 9.59 Å². The lowest BCUT2D eigenvalue weighted by Crippen LogP contribution is -2.32. The third-order valence-electron chi connectivity index (χ3n) is 2.87. The van der Waals surface area contributed by atoms with Crippen molar-refractivity contribution in [2.24, 2.45) is 5.73 Å². The van der Waals surface area contributed by atoms with E-state index in [1.807, 2.05) is 30.3 Å². The molecule has 0 saturated heterocycles. The van der Waals surface area contributed by atoms with E-state index in [-0.39, 0.29) is 18.7 Å². The lowest BCUT2D eigenvalue weighted by molar-refractivity contribution is -0.138. The molecule has 0 fully saturated rings. The summed E-state index contributed by atoms with van der Waals surface area (Å²) in [5.41, 5.74) is 6.82. The SMILES string of the molecule is N[C@@H](Cc1cn(C(=O)Cc2ccccc2)cn1)C(=O)O. The van der Waals surface area contributed by atoms with Crippen LogP contribution in [0.25, 0.3) is 0 Å². The van der Waals surface area contributed by atoms with Crippen molar-refractivity contribution in [3.8, 4) is 0 Å². The Morgan fingerprint density at radius 2 is 2.00 bits per heavy atom. The number of carbonyl (C=O) groups is 2. The molecule has 0 aliphatic rings. The van der Waals surface area contributed by atoms with Crippen molar-refractivity contribution in [3.05, 3.63) is 54.1 Å². The number of carboxylic acids is 1. The third-order valence-corrected chi connectivity index (χ3v) is 2.87. The van der Waals surface area contributed by atoms with E-state index in [1.165, 1.54) is 17.1 Å². The lowest BCUT2D eigenvalue weighted by Gasteiger charge is -2.03. The van der Waals surface area contributed by atoms with Crippen LogP contribution in [0.5, 0.6) is 0 Å². The Kier molecular flexibility index (Phi) is 4.27. The van der Waals surface area contributed by atoms with Crippen LogP contribution in [-0.2, 0) is 17.6 Å². The Labute approximate surface area is 115 Å². The first-order chi connectivity index (χ1) is 9.56. The summed E-state index contributed by atoms with van der Waals surface area (Å²) in [7, 11) is 0. The molecular formula is C14H15N3O3. The number of carbonyl (C=O) groups excluding carboxylic acids is 1. The number of hydrogen-bond donors (Lipinski definition) is 2. The van der Waals surface area contributed by atoms with Crippen LogP contribution in [0.1, 0.15) is 16.1 Å². The normalized spacial score (nSPS) is 12.1. The largest absolute Gasteiger partial charge is 0.480 e. The highest BCUT2D eigenvalue weighted by molar-refractivity contribution is 5.81. The molecule has 0 amide bonds. The first-order valence-electron chi connectivity index (χ1n) is 6.14. The Hall–Kier alpha value is -2.47. The molecule has 2 aromatic rings. The first-order valence-corrected chi connectivity index (χ1v) is 6.14. The fraction of sp³-hybridized carbons (Fsp3) is 0.214. The van der Waals surface area contributed by atoms with Gasteiger partial charge in [-0.2, -0.15) is 0 Å². The molecule has 0 bridgehead atoms. The zero-order valence-electron chi connectivity index (χ0n) is 10.8. The molecule has 0 radical (unpaired) electrons. The summed E-state index contributed by atoms with van der Waals surface area (Å²) in [6.45, 7) is 0. The van der Waals surface area contributed by atoms with Gasteiger partial charge in [0.25, 0.3) is 0 Å². The van der Waals surface area contributed by atoms with E-state index in [0.717, 1.165) is 5.56 Å². The molecule has 1 aromatic carbocycles. The van der Waals surface area contributed by atoms with Gasteiger partial charge in [-0.25, -0.2) is 4.98 Å². The topological polar surface area (TPSA) is 98.2 Å². The van der Waals surface area contributed by atoms with Gasteiger partial charge >= 0.3 is 5.97 Å². The Bertz CT molecular complexity index is 607. The summed E-state index contributed by atoms with van der Waals surface area (Å²) >= 11 is 0. The highest BCUT2D eigenvalue weighted by atomic mass is 16.4. The molecule has 0 aliphatic heterocycles. The molecule has 6 heteroatoms. The number of hydrogen-bond acceptors (Lipinski definition) is 4.